The predicted molar refractivity (Wildman–Crippen MR) is 66.6 cm³/mol. The Morgan fingerprint density at radius 3 is 2.47 bits per heavy atom. The average molecular weight is 289 g/mol. The van der Waals surface area contributed by atoms with Crippen molar-refractivity contribution in [1.82, 2.24) is 4.72 Å². The van der Waals surface area contributed by atoms with Gasteiger partial charge < -0.3 is 14.6 Å². The molecule has 0 bridgehead atoms. The first-order valence-corrected chi connectivity index (χ1v) is 6.87. The molecule has 1 aromatic rings. The molecule has 8 heteroatoms. The smallest absolute Gasteiger partial charge is 0.341 e. The lowest BCUT2D eigenvalue weighted by Gasteiger charge is -2.07. The van der Waals surface area contributed by atoms with Crippen molar-refractivity contribution in [1.29, 1.82) is 0 Å². The van der Waals surface area contributed by atoms with Gasteiger partial charge in [0.15, 0.2) is 6.61 Å². The maximum atomic E-state index is 11.8. The van der Waals surface area contributed by atoms with Crippen molar-refractivity contribution in [2.24, 2.45) is 0 Å². The SMILES string of the molecule is COCCNS(=O)(=O)c1ccc(OCC(=O)O)cc1. The van der Waals surface area contributed by atoms with Crippen molar-refractivity contribution >= 4 is 16.0 Å². The summed E-state index contributed by atoms with van der Waals surface area (Å²) < 4.78 is 35.6. The van der Waals surface area contributed by atoms with Crippen LogP contribution in [0.1, 0.15) is 0 Å². The fourth-order valence-electron chi connectivity index (χ4n) is 1.22. The number of nitrogens with one attached hydrogen (secondary N) is 1. The van der Waals surface area contributed by atoms with E-state index in [-0.39, 0.29) is 18.0 Å². The molecule has 1 rings (SSSR count). The molecule has 0 amide bonds. The second-order valence-corrected chi connectivity index (χ2v) is 5.31. The Bertz CT molecular complexity index is 510. The van der Waals surface area contributed by atoms with Gasteiger partial charge in [0.1, 0.15) is 5.75 Å². The summed E-state index contributed by atoms with van der Waals surface area (Å²) in [5, 5.41) is 8.44. The first-order chi connectivity index (χ1) is 8.95. The molecule has 0 atom stereocenters. The maximum absolute atomic E-state index is 11.8. The molecule has 0 aliphatic heterocycles. The number of sulfonamides is 1. The van der Waals surface area contributed by atoms with E-state index in [1.807, 2.05) is 0 Å². The molecule has 0 radical (unpaired) electrons. The number of benzene rings is 1. The number of carbonyl (C=O) groups is 1. The summed E-state index contributed by atoms with van der Waals surface area (Å²) in [6.45, 7) is -0.0205. The van der Waals surface area contributed by atoms with Crippen LogP contribution in [0.3, 0.4) is 0 Å². The first kappa shape index (κ1) is 15.4. The van der Waals surface area contributed by atoms with Crippen LogP contribution in [-0.4, -0.2) is 46.4 Å². The van der Waals surface area contributed by atoms with Crippen LogP contribution >= 0.6 is 0 Å². The summed E-state index contributed by atoms with van der Waals surface area (Å²) in [4.78, 5) is 10.4. The highest BCUT2D eigenvalue weighted by Crippen LogP contribution is 2.15. The van der Waals surface area contributed by atoms with Gasteiger partial charge in [-0.3, -0.25) is 0 Å². The van der Waals surface area contributed by atoms with Crippen LogP contribution in [0, 0.1) is 0 Å². The molecule has 0 saturated carbocycles. The van der Waals surface area contributed by atoms with E-state index in [1.54, 1.807) is 0 Å². The molecule has 0 aromatic heterocycles. The summed E-state index contributed by atoms with van der Waals surface area (Å²) in [6.07, 6.45) is 0. The molecule has 7 nitrogen and oxygen atoms in total. The molecule has 0 unspecified atom stereocenters. The zero-order valence-corrected chi connectivity index (χ0v) is 11.1. The third-order valence-electron chi connectivity index (χ3n) is 2.09. The van der Waals surface area contributed by atoms with Gasteiger partial charge in [-0.25, -0.2) is 17.9 Å². The topological polar surface area (TPSA) is 102 Å². The van der Waals surface area contributed by atoms with Crippen LogP contribution in [0.15, 0.2) is 29.2 Å². The van der Waals surface area contributed by atoms with Crippen molar-refractivity contribution < 1.29 is 27.8 Å². The Morgan fingerprint density at radius 1 is 1.32 bits per heavy atom. The predicted octanol–water partition coefficient (Wildman–Crippen LogP) is 0.0747. The van der Waals surface area contributed by atoms with Gasteiger partial charge in [0, 0.05) is 13.7 Å². The van der Waals surface area contributed by atoms with Gasteiger partial charge in [0.25, 0.3) is 0 Å². The van der Waals surface area contributed by atoms with Gasteiger partial charge in [-0.05, 0) is 24.3 Å². The standard InChI is InChI=1S/C11H15NO6S/c1-17-7-6-12-19(15,16)10-4-2-9(3-5-10)18-8-11(13)14/h2-5,12H,6-8H2,1H3,(H,13,14). The lowest BCUT2D eigenvalue weighted by atomic mass is 10.3. The van der Waals surface area contributed by atoms with E-state index < -0.39 is 22.6 Å². The minimum atomic E-state index is -3.58. The lowest BCUT2D eigenvalue weighted by Crippen LogP contribution is -2.27. The summed E-state index contributed by atoms with van der Waals surface area (Å²) in [5.41, 5.74) is 0. The summed E-state index contributed by atoms with van der Waals surface area (Å²) >= 11 is 0. The number of carboxylic acids is 1. The van der Waals surface area contributed by atoms with Crippen LogP contribution in [0.25, 0.3) is 0 Å². The number of methoxy groups -OCH3 is 1. The molecule has 0 spiro atoms. The minimum Gasteiger partial charge on any atom is -0.482 e. The van der Waals surface area contributed by atoms with E-state index >= 15 is 0 Å². The van der Waals surface area contributed by atoms with Gasteiger partial charge in [0.05, 0.1) is 11.5 Å². The normalized spacial score (nSPS) is 11.2. The molecule has 0 aliphatic rings. The van der Waals surface area contributed by atoms with Crippen molar-refractivity contribution in [2.45, 2.75) is 4.90 Å². The lowest BCUT2D eigenvalue weighted by molar-refractivity contribution is -0.139. The van der Waals surface area contributed by atoms with E-state index in [0.717, 1.165) is 0 Å². The van der Waals surface area contributed by atoms with Gasteiger partial charge in [-0.15, -0.1) is 0 Å². The molecule has 0 fully saturated rings. The highest BCUT2D eigenvalue weighted by atomic mass is 32.2. The third kappa shape index (κ3) is 5.25. The Balaban J connectivity index is 2.66. The number of carboxylic acid groups (broad SMARTS) is 1. The van der Waals surface area contributed by atoms with Gasteiger partial charge in [-0.2, -0.15) is 0 Å². The van der Waals surface area contributed by atoms with E-state index in [9.17, 15) is 13.2 Å². The zero-order chi connectivity index (χ0) is 14.3. The van der Waals surface area contributed by atoms with Crippen LogP contribution in [-0.2, 0) is 19.6 Å². The molecule has 2 N–H and O–H groups in total. The second kappa shape index (κ2) is 7.07. The monoisotopic (exact) mass is 289 g/mol. The fraction of sp³-hybridized carbons (Fsp3) is 0.364. The Kier molecular flexibility index (Phi) is 5.74. The molecule has 106 valence electrons. The number of ether oxygens (including phenoxy) is 2. The largest absolute Gasteiger partial charge is 0.482 e. The van der Waals surface area contributed by atoms with Crippen LogP contribution < -0.4 is 9.46 Å². The Morgan fingerprint density at radius 2 is 1.95 bits per heavy atom. The number of aliphatic carboxylic acids is 1. The molecule has 1 aromatic carbocycles. The quantitative estimate of drug-likeness (QED) is 0.657. The molecular weight excluding hydrogens is 274 g/mol. The number of rotatable bonds is 8. The molecule has 0 saturated heterocycles. The van der Waals surface area contributed by atoms with Gasteiger partial charge in [0.2, 0.25) is 10.0 Å². The molecule has 19 heavy (non-hydrogen) atoms. The average Bonchev–Trinajstić information content (AvgIpc) is 2.37. The zero-order valence-electron chi connectivity index (χ0n) is 10.3. The number of hydrogen-bond acceptors (Lipinski definition) is 5. The van der Waals surface area contributed by atoms with Crippen LogP contribution in [0.2, 0.25) is 0 Å². The molecular formula is C11H15NO6S. The van der Waals surface area contributed by atoms with Crippen molar-refractivity contribution in [3.63, 3.8) is 0 Å². The van der Waals surface area contributed by atoms with Gasteiger partial charge >= 0.3 is 5.97 Å². The summed E-state index contributed by atoms with van der Waals surface area (Å²) in [6, 6.07) is 5.47. The highest BCUT2D eigenvalue weighted by Gasteiger charge is 2.13. The first-order valence-electron chi connectivity index (χ1n) is 5.39. The maximum Gasteiger partial charge on any atom is 0.341 e. The van der Waals surface area contributed by atoms with E-state index in [2.05, 4.69) is 4.72 Å². The highest BCUT2D eigenvalue weighted by molar-refractivity contribution is 7.89. The number of hydrogen-bond donors (Lipinski definition) is 2. The Hall–Kier alpha value is -1.64. The van der Waals surface area contributed by atoms with E-state index in [0.29, 0.717) is 5.75 Å². The molecule has 0 heterocycles. The fourth-order valence-corrected chi connectivity index (χ4v) is 2.23. The van der Waals surface area contributed by atoms with Crippen molar-refractivity contribution in [3.8, 4) is 5.75 Å². The summed E-state index contributed by atoms with van der Waals surface area (Å²) in [5.74, 6) is -0.809. The van der Waals surface area contributed by atoms with Crippen molar-refractivity contribution in [3.05, 3.63) is 24.3 Å². The van der Waals surface area contributed by atoms with Gasteiger partial charge in [-0.1, -0.05) is 0 Å². The molecule has 0 aliphatic carbocycles. The third-order valence-corrected chi connectivity index (χ3v) is 3.57. The Labute approximate surface area is 111 Å². The van der Waals surface area contributed by atoms with E-state index in [4.69, 9.17) is 14.6 Å². The minimum absolute atomic E-state index is 0.0753. The second-order valence-electron chi connectivity index (χ2n) is 3.54. The van der Waals surface area contributed by atoms with Crippen LogP contribution in [0.4, 0.5) is 0 Å². The van der Waals surface area contributed by atoms with Crippen LogP contribution in [0.5, 0.6) is 5.75 Å². The summed E-state index contributed by atoms with van der Waals surface area (Å²) in [7, 11) is -2.11. The van der Waals surface area contributed by atoms with E-state index in [1.165, 1.54) is 31.4 Å². The van der Waals surface area contributed by atoms with Crippen molar-refractivity contribution in [2.75, 3.05) is 26.9 Å².